The van der Waals surface area contributed by atoms with Crippen LogP contribution in [0, 0.1) is 0 Å². The van der Waals surface area contributed by atoms with E-state index in [0.717, 1.165) is 25.3 Å². The van der Waals surface area contributed by atoms with Crippen LogP contribution in [0.1, 0.15) is 6.42 Å². The number of methoxy groups -OCH3 is 3. The van der Waals surface area contributed by atoms with Gasteiger partial charge in [0, 0.05) is 37.5 Å². The fourth-order valence-corrected chi connectivity index (χ4v) is 3.13. The summed E-state index contributed by atoms with van der Waals surface area (Å²) in [5.41, 5.74) is 0.557. The van der Waals surface area contributed by atoms with Gasteiger partial charge in [0.1, 0.15) is 5.82 Å². The van der Waals surface area contributed by atoms with Crippen molar-refractivity contribution in [1.82, 2.24) is 10.3 Å². The normalized spacial score (nSPS) is 16.0. The zero-order valence-corrected chi connectivity index (χ0v) is 15.7. The summed E-state index contributed by atoms with van der Waals surface area (Å²) < 4.78 is 15.9. The molecule has 8 nitrogen and oxygen atoms in total. The quantitative estimate of drug-likeness (QED) is 0.811. The van der Waals surface area contributed by atoms with Gasteiger partial charge in [-0.05, 0) is 18.6 Å². The Kier molecular flexibility index (Phi) is 5.85. The molecule has 27 heavy (non-hydrogen) atoms. The van der Waals surface area contributed by atoms with E-state index >= 15 is 0 Å². The van der Waals surface area contributed by atoms with Crippen molar-refractivity contribution in [3.8, 4) is 17.2 Å². The molecule has 1 aromatic carbocycles. The van der Waals surface area contributed by atoms with Crippen molar-refractivity contribution in [2.24, 2.45) is 0 Å². The molecule has 0 spiro atoms. The van der Waals surface area contributed by atoms with Gasteiger partial charge in [-0.2, -0.15) is 0 Å². The summed E-state index contributed by atoms with van der Waals surface area (Å²) in [4.78, 5) is 18.9. The number of nitrogens with zero attached hydrogens (tertiary/aromatic N) is 2. The Balaban J connectivity index is 1.61. The number of ether oxygens (including phenoxy) is 3. The molecule has 2 heterocycles. The number of urea groups is 1. The van der Waals surface area contributed by atoms with E-state index in [1.165, 1.54) is 21.3 Å². The first kappa shape index (κ1) is 18.6. The van der Waals surface area contributed by atoms with E-state index in [4.69, 9.17) is 14.2 Å². The van der Waals surface area contributed by atoms with Crippen molar-refractivity contribution in [2.45, 2.75) is 12.5 Å². The number of hydrogen-bond acceptors (Lipinski definition) is 6. The summed E-state index contributed by atoms with van der Waals surface area (Å²) >= 11 is 0. The van der Waals surface area contributed by atoms with Gasteiger partial charge in [-0.3, -0.25) is 0 Å². The molecular formula is C19H24N4O4. The minimum absolute atomic E-state index is 0.0500. The van der Waals surface area contributed by atoms with Crippen LogP contribution < -0.4 is 29.7 Å². The Hall–Kier alpha value is -3.16. The van der Waals surface area contributed by atoms with Crippen molar-refractivity contribution in [3.63, 3.8) is 0 Å². The third-order valence-corrected chi connectivity index (χ3v) is 4.42. The SMILES string of the molecule is COc1cc(NC(=O)NC2CCN(c3ccccn3)C2)cc(OC)c1OC. The van der Waals surface area contributed by atoms with Gasteiger partial charge in [0.05, 0.1) is 27.0 Å². The van der Waals surface area contributed by atoms with Crippen molar-refractivity contribution in [1.29, 1.82) is 0 Å². The molecule has 1 fully saturated rings. The van der Waals surface area contributed by atoms with Gasteiger partial charge in [0.25, 0.3) is 0 Å². The monoisotopic (exact) mass is 372 g/mol. The van der Waals surface area contributed by atoms with Gasteiger partial charge in [0.15, 0.2) is 11.5 Å². The minimum atomic E-state index is -0.280. The average Bonchev–Trinajstić information content (AvgIpc) is 3.16. The number of anilines is 2. The molecule has 0 aliphatic carbocycles. The summed E-state index contributed by atoms with van der Waals surface area (Å²) in [6.07, 6.45) is 2.63. The van der Waals surface area contributed by atoms with Gasteiger partial charge >= 0.3 is 6.03 Å². The highest BCUT2D eigenvalue weighted by Crippen LogP contribution is 2.39. The average molecular weight is 372 g/mol. The van der Waals surface area contributed by atoms with E-state index in [1.807, 2.05) is 18.2 Å². The van der Waals surface area contributed by atoms with Gasteiger partial charge in [-0.25, -0.2) is 9.78 Å². The lowest BCUT2D eigenvalue weighted by Crippen LogP contribution is -2.39. The molecule has 144 valence electrons. The van der Waals surface area contributed by atoms with Crippen molar-refractivity contribution < 1.29 is 19.0 Å². The summed E-state index contributed by atoms with van der Waals surface area (Å²) in [7, 11) is 4.60. The van der Waals surface area contributed by atoms with E-state index < -0.39 is 0 Å². The molecular weight excluding hydrogens is 348 g/mol. The van der Waals surface area contributed by atoms with Gasteiger partial charge in [-0.1, -0.05) is 6.07 Å². The largest absolute Gasteiger partial charge is 0.493 e. The number of rotatable bonds is 6. The molecule has 0 bridgehead atoms. The number of hydrogen-bond donors (Lipinski definition) is 2. The first-order chi connectivity index (χ1) is 13.1. The molecule has 1 unspecified atom stereocenters. The second kappa shape index (κ2) is 8.48. The molecule has 8 heteroatoms. The fourth-order valence-electron chi connectivity index (χ4n) is 3.13. The molecule has 1 aromatic heterocycles. The highest BCUT2D eigenvalue weighted by atomic mass is 16.5. The van der Waals surface area contributed by atoms with Crippen LogP contribution in [0.25, 0.3) is 0 Å². The zero-order valence-electron chi connectivity index (χ0n) is 15.7. The molecule has 1 saturated heterocycles. The lowest BCUT2D eigenvalue weighted by Gasteiger charge is -2.18. The lowest BCUT2D eigenvalue weighted by molar-refractivity contribution is 0.249. The lowest BCUT2D eigenvalue weighted by atomic mass is 10.2. The maximum atomic E-state index is 12.4. The Morgan fingerprint density at radius 1 is 1.15 bits per heavy atom. The highest BCUT2D eigenvalue weighted by Gasteiger charge is 2.25. The number of pyridine rings is 1. The molecule has 3 rings (SSSR count). The number of benzene rings is 1. The third kappa shape index (κ3) is 4.33. The summed E-state index contributed by atoms with van der Waals surface area (Å²) in [6, 6.07) is 8.97. The van der Waals surface area contributed by atoms with Crippen LogP contribution in [0.2, 0.25) is 0 Å². The van der Waals surface area contributed by atoms with Crippen LogP contribution in [-0.4, -0.2) is 51.5 Å². The van der Waals surface area contributed by atoms with Crippen LogP contribution in [0.15, 0.2) is 36.5 Å². The van der Waals surface area contributed by atoms with Gasteiger partial charge in [-0.15, -0.1) is 0 Å². The molecule has 2 aromatic rings. The van der Waals surface area contributed by atoms with Crippen molar-refractivity contribution in [2.75, 3.05) is 44.6 Å². The highest BCUT2D eigenvalue weighted by molar-refractivity contribution is 5.90. The van der Waals surface area contributed by atoms with Crippen LogP contribution in [0.3, 0.4) is 0 Å². The van der Waals surface area contributed by atoms with Crippen LogP contribution in [0.4, 0.5) is 16.3 Å². The number of carbonyl (C=O) groups excluding carboxylic acids is 1. The van der Waals surface area contributed by atoms with Gasteiger partial charge in [0.2, 0.25) is 5.75 Å². The number of carbonyl (C=O) groups is 1. The molecule has 1 atom stereocenters. The second-order valence-electron chi connectivity index (χ2n) is 6.13. The van der Waals surface area contributed by atoms with E-state index in [2.05, 4.69) is 20.5 Å². The van der Waals surface area contributed by atoms with E-state index in [0.29, 0.717) is 22.9 Å². The van der Waals surface area contributed by atoms with Gasteiger partial charge < -0.3 is 29.7 Å². The molecule has 0 radical (unpaired) electrons. The standard InChI is InChI=1S/C19H24N4O4/c1-25-15-10-14(11-16(26-2)18(15)27-3)22-19(24)21-13-7-9-23(12-13)17-6-4-5-8-20-17/h4-6,8,10-11,13H,7,9,12H2,1-3H3,(H2,21,22,24). The topological polar surface area (TPSA) is 85.0 Å². The zero-order chi connectivity index (χ0) is 19.2. The Morgan fingerprint density at radius 3 is 2.48 bits per heavy atom. The number of nitrogens with one attached hydrogen (secondary N) is 2. The molecule has 0 saturated carbocycles. The van der Waals surface area contributed by atoms with Crippen LogP contribution >= 0.6 is 0 Å². The molecule has 1 aliphatic heterocycles. The predicted molar refractivity (Wildman–Crippen MR) is 103 cm³/mol. The molecule has 2 N–H and O–H groups in total. The van der Waals surface area contributed by atoms with Crippen molar-refractivity contribution in [3.05, 3.63) is 36.5 Å². The number of aromatic nitrogens is 1. The molecule has 1 aliphatic rings. The maximum Gasteiger partial charge on any atom is 0.319 e. The van der Waals surface area contributed by atoms with Crippen LogP contribution in [0.5, 0.6) is 17.2 Å². The first-order valence-electron chi connectivity index (χ1n) is 8.68. The predicted octanol–water partition coefficient (Wildman–Crippen LogP) is 2.51. The van der Waals surface area contributed by atoms with E-state index in [9.17, 15) is 4.79 Å². The minimum Gasteiger partial charge on any atom is -0.493 e. The first-order valence-corrected chi connectivity index (χ1v) is 8.68. The second-order valence-corrected chi connectivity index (χ2v) is 6.13. The summed E-state index contributed by atoms with van der Waals surface area (Å²) in [6.45, 7) is 1.58. The summed E-state index contributed by atoms with van der Waals surface area (Å²) in [5, 5.41) is 5.82. The Bertz CT molecular complexity index is 760. The summed E-state index contributed by atoms with van der Waals surface area (Å²) in [5.74, 6) is 2.36. The third-order valence-electron chi connectivity index (χ3n) is 4.42. The smallest absolute Gasteiger partial charge is 0.319 e. The van der Waals surface area contributed by atoms with E-state index in [1.54, 1.807) is 18.3 Å². The number of amides is 2. The Labute approximate surface area is 158 Å². The fraction of sp³-hybridized carbons (Fsp3) is 0.368. The molecule has 2 amide bonds. The Morgan fingerprint density at radius 2 is 1.89 bits per heavy atom. The van der Waals surface area contributed by atoms with E-state index in [-0.39, 0.29) is 12.1 Å². The maximum absolute atomic E-state index is 12.4. The van der Waals surface area contributed by atoms with Crippen LogP contribution in [-0.2, 0) is 0 Å². The van der Waals surface area contributed by atoms with Crippen molar-refractivity contribution >= 4 is 17.5 Å².